The molecule has 0 saturated heterocycles. The number of hydrogen-bond donors (Lipinski definition) is 2. The smallest absolute Gasteiger partial charge is 0.137 e. The van der Waals surface area contributed by atoms with E-state index in [1.807, 2.05) is 0 Å². The van der Waals surface area contributed by atoms with Gasteiger partial charge < -0.3 is 10.8 Å². The maximum absolute atomic E-state index is 14.0. The Bertz CT molecular complexity index is 633. The summed E-state index contributed by atoms with van der Waals surface area (Å²) in [5, 5.41) is 10.7. The molecule has 2 aromatic carbocycles. The van der Waals surface area contributed by atoms with Crippen molar-refractivity contribution in [3.8, 4) is 0 Å². The maximum atomic E-state index is 14.0. The fourth-order valence-electron chi connectivity index (χ4n) is 2.24. The van der Waals surface area contributed by atoms with Gasteiger partial charge in [0.2, 0.25) is 0 Å². The van der Waals surface area contributed by atoms with Gasteiger partial charge in [-0.05, 0) is 39.7 Å². The van der Waals surface area contributed by atoms with Gasteiger partial charge >= 0.3 is 0 Å². The highest BCUT2D eigenvalue weighted by atomic mass is 79.9. The van der Waals surface area contributed by atoms with Gasteiger partial charge in [-0.25, -0.2) is 8.78 Å². The van der Waals surface area contributed by atoms with Crippen LogP contribution in [0.2, 0.25) is 5.02 Å². The zero-order valence-electron chi connectivity index (χ0n) is 10.9. The second-order valence-corrected chi connectivity index (χ2v) is 5.77. The molecule has 0 fully saturated rings. The molecule has 0 aliphatic heterocycles. The predicted molar refractivity (Wildman–Crippen MR) is 82.3 cm³/mol. The van der Waals surface area contributed by atoms with Gasteiger partial charge in [0.05, 0.1) is 10.6 Å². The predicted octanol–water partition coefficient (Wildman–Crippen LogP) is 4.16. The van der Waals surface area contributed by atoms with Crippen LogP contribution in [0.3, 0.4) is 0 Å². The molecule has 2 unspecified atom stereocenters. The van der Waals surface area contributed by atoms with Crippen LogP contribution in [-0.2, 0) is 0 Å². The zero-order chi connectivity index (χ0) is 15.6. The van der Waals surface area contributed by atoms with E-state index in [1.165, 1.54) is 30.3 Å². The zero-order valence-corrected chi connectivity index (χ0v) is 13.2. The van der Waals surface area contributed by atoms with Crippen molar-refractivity contribution in [3.05, 3.63) is 68.7 Å². The van der Waals surface area contributed by atoms with Crippen molar-refractivity contribution < 1.29 is 13.9 Å². The maximum Gasteiger partial charge on any atom is 0.137 e. The highest BCUT2D eigenvalue weighted by molar-refractivity contribution is 9.10. The van der Waals surface area contributed by atoms with Crippen LogP contribution in [0.15, 0.2) is 40.9 Å². The van der Waals surface area contributed by atoms with Crippen molar-refractivity contribution in [1.82, 2.24) is 0 Å². The van der Waals surface area contributed by atoms with E-state index in [1.54, 1.807) is 6.07 Å². The van der Waals surface area contributed by atoms with E-state index in [2.05, 4.69) is 15.9 Å². The lowest BCUT2D eigenvalue weighted by molar-refractivity contribution is 0.144. The average Bonchev–Trinajstić information content (AvgIpc) is 2.45. The summed E-state index contributed by atoms with van der Waals surface area (Å²) in [6.45, 7) is -0.0369. The lowest BCUT2D eigenvalue weighted by atomic mass is 9.88. The van der Waals surface area contributed by atoms with Crippen LogP contribution in [0.4, 0.5) is 8.78 Å². The second kappa shape index (κ2) is 6.83. The van der Waals surface area contributed by atoms with Gasteiger partial charge in [0.1, 0.15) is 11.6 Å². The molecule has 0 aliphatic carbocycles. The van der Waals surface area contributed by atoms with Crippen LogP contribution in [0.25, 0.3) is 0 Å². The Morgan fingerprint density at radius 1 is 1.14 bits per heavy atom. The molecule has 112 valence electrons. The lowest BCUT2D eigenvalue weighted by Gasteiger charge is -2.24. The highest BCUT2D eigenvalue weighted by Crippen LogP contribution is 2.38. The Morgan fingerprint density at radius 3 is 2.38 bits per heavy atom. The van der Waals surface area contributed by atoms with E-state index in [-0.39, 0.29) is 21.6 Å². The van der Waals surface area contributed by atoms with Crippen LogP contribution in [0.5, 0.6) is 0 Å². The topological polar surface area (TPSA) is 46.2 Å². The Morgan fingerprint density at radius 2 is 1.76 bits per heavy atom. The van der Waals surface area contributed by atoms with E-state index in [0.29, 0.717) is 5.56 Å². The first-order valence-corrected chi connectivity index (χ1v) is 7.40. The number of nitrogens with two attached hydrogens (primary N) is 1. The Balaban J connectivity index is 2.48. The lowest BCUT2D eigenvalue weighted by Crippen LogP contribution is -2.22. The molecule has 0 saturated carbocycles. The fourth-order valence-corrected chi connectivity index (χ4v) is 3.04. The van der Waals surface area contributed by atoms with E-state index < -0.39 is 23.7 Å². The summed E-state index contributed by atoms with van der Waals surface area (Å²) in [5.41, 5.74) is 6.10. The van der Waals surface area contributed by atoms with Crippen LogP contribution in [-0.4, -0.2) is 11.7 Å². The third kappa shape index (κ3) is 3.26. The van der Waals surface area contributed by atoms with E-state index in [0.717, 1.165) is 0 Å². The minimum absolute atomic E-state index is 0.0369. The summed E-state index contributed by atoms with van der Waals surface area (Å²) >= 11 is 9.10. The van der Waals surface area contributed by atoms with Crippen molar-refractivity contribution in [1.29, 1.82) is 0 Å². The first-order chi connectivity index (χ1) is 9.97. The molecule has 6 heteroatoms. The number of rotatable bonds is 4. The number of benzene rings is 2. The van der Waals surface area contributed by atoms with E-state index in [9.17, 15) is 13.9 Å². The molecule has 0 aliphatic rings. The Kier molecular flexibility index (Phi) is 5.32. The molecule has 2 nitrogen and oxygen atoms in total. The average molecular weight is 377 g/mol. The monoisotopic (exact) mass is 375 g/mol. The summed E-state index contributed by atoms with van der Waals surface area (Å²) in [7, 11) is 0. The molecule has 21 heavy (non-hydrogen) atoms. The third-order valence-corrected chi connectivity index (χ3v) is 4.47. The summed E-state index contributed by atoms with van der Waals surface area (Å²) in [6.07, 6.45) is -1.19. The number of aliphatic hydroxyl groups is 1. The van der Waals surface area contributed by atoms with Gasteiger partial charge in [-0.3, -0.25) is 0 Å². The molecule has 2 atom stereocenters. The summed E-state index contributed by atoms with van der Waals surface area (Å²) in [6, 6.07) is 8.52. The number of hydrogen-bond acceptors (Lipinski definition) is 2. The Hall–Kier alpha value is -1.01. The van der Waals surface area contributed by atoms with Crippen LogP contribution >= 0.6 is 27.5 Å². The van der Waals surface area contributed by atoms with E-state index >= 15 is 0 Å². The summed E-state index contributed by atoms with van der Waals surface area (Å²) in [4.78, 5) is 0. The van der Waals surface area contributed by atoms with Crippen molar-refractivity contribution in [2.24, 2.45) is 5.73 Å². The minimum atomic E-state index is -1.19. The first kappa shape index (κ1) is 16.4. The fraction of sp³-hybridized carbons (Fsp3) is 0.200. The molecule has 0 aromatic heterocycles. The SMILES string of the molecule is NCC(c1c(F)cccc1Cl)C(O)c1cccc(F)c1Br. The molecule has 0 amide bonds. The highest BCUT2D eigenvalue weighted by Gasteiger charge is 2.28. The van der Waals surface area contributed by atoms with E-state index in [4.69, 9.17) is 17.3 Å². The summed E-state index contributed by atoms with van der Waals surface area (Å²) in [5.74, 6) is -1.84. The standard InChI is InChI=1S/C15H13BrClF2NO/c16-14-8(3-1-6-12(14)19)15(21)9(7-20)13-10(17)4-2-5-11(13)18/h1-6,9,15,21H,7,20H2. The molecular weight excluding hydrogens is 364 g/mol. The number of halogens is 4. The molecule has 0 spiro atoms. The molecule has 3 N–H and O–H groups in total. The van der Waals surface area contributed by atoms with Crippen LogP contribution in [0, 0.1) is 11.6 Å². The van der Waals surface area contributed by atoms with Gasteiger partial charge in [0.25, 0.3) is 0 Å². The molecule has 2 rings (SSSR count). The van der Waals surface area contributed by atoms with Crippen LogP contribution < -0.4 is 5.73 Å². The normalized spacial score (nSPS) is 14.0. The quantitative estimate of drug-likeness (QED) is 0.842. The van der Waals surface area contributed by atoms with Gasteiger partial charge in [0.15, 0.2) is 0 Å². The van der Waals surface area contributed by atoms with Crippen molar-refractivity contribution in [3.63, 3.8) is 0 Å². The van der Waals surface area contributed by atoms with Crippen molar-refractivity contribution in [2.45, 2.75) is 12.0 Å². The molecule has 0 radical (unpaired) electrons. The number of aliphatic hydroxyl groups excluding tert-OH is 1. The van der Waals surface area contributed by atoms with Gasteiger partial charge in [-0.2, -0.15) is 0 Å². The molecule has 2 aromatic rings. The van der Waals surface area contributed by atoms with Crippen molar-refractivity contribution >= 4 is 27.5 Å². The Labute approximate surface area is 134 Å². The van der Waals surface area contributed by atoms with Gasteiger partial charge in [0, 0.05) is 23.0 Å². The second-order valence-electron chi connectivity index (χ2n) is 4.57. The minimum Gasteiger partial charge on any atom is -0.388 e. The molecule has 0 bridgehead atoms. The molecular formula is C15H13BrClF2NO. The first-order valence-electron chi connectivity index (χ1n) is 6.23. The summed E-state index contributed by atoms with van der Waals surface area (Å²) < 4.78 is 27.7. The largest absolute Gasteiger partial charge is 0.388 e. The van der Waals surface area contributed by atoms with Crippen LogP contribution in [0.1, 0.15) is 23.1 Å². The van der Waals surface area contributed by atoms with Gasteiger partial charge in [-0.15, -0.1) is 0 Å². The molecule has 0 heterocycles. The van der Waals surface area contributed by atoms with Gasteiger partial charge in [-0.1, -0.05) is 29.8 Å². The third-order valence-electron chi connectivity index (χ3n) is 3.31. The van der Waals surface area contributed by atoms with Crippen molar-refractivity contribution in [2.75, 3.05) is 6.54 Å².